The van der Waals surface area contributed by atoms with E-state index in [1.54, 1.807) is 0 Å². The van der Waals surface area contributed by atoms with Gasteiger partial charge >= 0.3 is 0 Å². The highest BCUT2D eigenvalue weighted by atomic mass is 19.1. The van der Waals surface area contributed by atoms with Gasteiger partial charge in [0.05, 0.1) is 6.04 Å². The number of hydrazine groups is 1. The zero-order valence-corrected chi connectivity index (χ0v) is 9.76. The molecule has 1 atom stereocenters. The first kappa shape index (κ1) is 13.3. The first-order valence-corrected chi connectivity index (χ1v) is 5.81. The molecule has 1 saturated heterocycles. The Morgan fingerprint density at radius 3 is 2.22 bits per heavy atom. The maximum Gasteiger partial charge on any atom is 0.133 e. The molecule has 1 aliphatic rings. The Balaban J connectivity index is 2.32. The van der Waals surface area contributed by atoms with Gasteiger partial charge in [0.25, 0.3) is 0 Å². The van der Waals surface area contributed by atoms with E-state index in [1.807, 2.05) is 0 Å². The number of nitrogens with one attached hydrogen (secondary N) is 1. The summed E-state index contributed by atoms with van der Waals surface area (Å²) >= 11 is 0. The number of ether oxygens (including phenoxy) is 1. The van der Waals surface area contributed by atoms with Gasteiger partial charge in [0.1, 0.15) is 17.5 Å². The van der Waals surface area contributed by atoms with E-state index in [-0.39, 0.29) is 11.5 Å². The molecule has 0 aliphatic carbocycles. The molecule has 1 fully saturated rings. The number of halogens is 3. The van der Waals surface area contributed by atoms with E-state index in [9.17, 15) is 13.2 Å². The molecule has 1 aromatic rings. The van der Waals surface area contributed by atoms with Crippen molar-refractivity contribution < 1.29 is 17.9 Å². The first-order valence-electron chi connectivity index (χ1n) is 5.81. The fourth-order valence-electron chi connectivity index (χ4n) is 2.35. The molecule has 1 heterocycles. The lowest BCUT2D eigenvalue weighted by molar-refractivity contribution is 0.0526. The Morgan fingerprint density at radius 2 is 1.72 bits per heavy atom. The Kier molecular flexibility index (Phi) is 4.21. The first-order chi connectivity index (χ1) is 8.63. The standard InChI is InChI=1S/C12H15F3N2O/c13-8-5-9(14)11(10(15)6-8)12(17-16)7-1-3-18-4-2-7/h5-7,12,17H,1-4,16H2. The number of nitrogens with two attached hydrogens (primary N) is 1. The molecule has 3 nitrogen and oxygen atoms in total. The smallest absolute Gasteiger partial charge is 0.133 e. The van der Waals surface area contributed by atoms with E-state index in [1.165, 1.54) is 0 Å². The van der Waals surface area contributed by atoms with Crippen LogP contribution in [0.5, 0.6) is 0 Å². The molecule has 2 rings (SSSR count). The highest BCUT2D eigenvalue weighted by Gasteiger charge is 2.29. The van der Waals surface area contributed by atoms with Gasteiger partial charge in [-0.1, -0.05) is 0 Å². The van der Waals surface area contributed by atoms with Crippen molar-refractivity contribution >= 4 is 0 Å². The van der Waals surface area contributed by atoms with Crippen LogP contribution >= 0.6 is 0 Å². The summed E-state index contributed by atoms with van der Waals surface area (Å²) in [5, 5.41) is 0. The van der Waals surface area contributed by atoms with Gasteiger partial charge in [0.2, 0.25) is 0 Å². The number of rotatable bonds is 3. The molecule has 1 unspecified atom stereocenters. The topological polar surface area (TPSA) is 47.3 Å². The third kappa shape index (κ3) is 2.66. The predicted molar refractivity (Wildman–Crippen MR) is 59.9 cm³/mol. The molecule has 100 valence electrons. The van der Waals surface area contributed by atoms with Crippen LogP contribution in [0.1, 0.15) is 24.4 Å². The molecule has 0 saturated carbocycles. The van der Waals surface area contributed by atoms with Crippen LogP contribution in [0, 0.1) is 23.4 Å². The molecule has 0 spiro atoms. The van der Waals surface area contributed by atoms with Gasteiger partial charge in [0.15, 0.2) is 0 Å². The van der Waals surface area contributed by atoms with E-state index >= 15 is 0 Å². The summed E-state index contributed by atoms with van der Waals surface area (Å²) in [5.41, 5.74) is 2.23. The minimum absolute atomic E-state index is 0.0294. The van der Waals surface area contributed by atoms with Gasteiger partial charge in [-0.25, -0.2) is 13.2 Å². The number of benzene rings is 1. The lowest BCUT2D eigenvalue weighted by Crippen LogP contribution is -2.37. The second kappa shape index (κ2) is 5.69. The van der Waals surface area contributed by atoms with E-state index in [2.05, 4.69) is 5.43 Å². The summed E-state index contributed by atoms with van der Waals surface area (Å²) < 4.78 is 45.5. The van der Waals surface area contributed by atoms with Gasteiger partial charge in [-0.3, -0.25) is 11.3 Å². The minimum atomic E-state index is -0.934. The lowest BCUT2D eigenvalue weighted by Gasteiger charge is -2.30. The second-order valence-corrected chi connectivity index (χ2v) is 4.38. The average Bonchev–Trinajstić information content (AvgIpc) is 2.34. The summed E-state index contributed by atoms with van der Waals surface area (Å²) in [6.45, 7) is 1.07. The van der Waals surface area contributed by atoms with Gasteiger partial charge in [-0.05, 0) is 18.8 Å². The second-order valence-electron chi connectivity index (χ2n) is 4.38. The molecular formula is C12H15F3N2O. The summed E-state index contributed by atoms with van der Waals surface area (Å²) in [6, 6.07) is 0.666. The van der Waals surface area contributed by atoms with Gasteiger partial charge < -0.3 is 4.74 Å². The molecule has 0 amide bonds. The fraction of sp³-hybridized carbons (Fsp3) is 0.500. The maximum absolute atomic E-state index is 13.7. The highest BCUT2D eigenvalue weighted by Crippen LogP contribution is 2.32. The third-order valence-corrected chi connectivity index (χ3v) is 3.27. The Labute approximate surface area is 103 Å². The normalized spacial score (nSPS) is 18.9. The number of hydrogen-bond donors (Lipinski definition) is 2. The van der Waals surface area contributed by atoms with E-state index < -0.39 is 23.5 Å². The van der Waals surface area contributed by atoms with Crippen molar-refractivity contribution in [2.75, 3.05) is 13.2 Å². The lowest BCUT2D eigenvalue weighted by atomic mass is 9.87. The molecule has 3 N–H and O–H groups in total. The summed E-state index contributed by atoms with van der Waals surface area (Å²) in [4.78, 5) is 0. The van der Waals surface area contributed by atoms with E-state index in [4.69, 9.17) is 10.6 Å². The third-order valence-electron chi connectivity index (χ3n) is 3.27. The summed E-state index contributed by atoms with van der Waals surface area (Å²) in [7, 11) is 0. The summed E-state index contributed by atoms with van der Waals surface area (Å²) in [5.74, 6) is 2.60. The zero-order valence-electron chi connectivity index (χ0n) is 9.76. The van der Waals surface area contributed by atoms with Crippen molar-refractivity contribution in [3.05, 3.63) is 35.1 Å². The maximum atomic E-state index is 13.7. The molecule has 6 heteroatoms. The predicted octanol–water partition coefficient (Wildman–Crippen LogP) is 2.03. The quantitative estimate of drug-likeness (QED) is 0.646. The van der Waals surface area contributed by atoms with Gasteiger partial charge in [0, 0.05) is 30.9 Å². The fourth-order valence-corrected chi connectivity index (χ4v) is 2.35. The molecule has 1 aliphatic heterocycles. The SMILES string of the molecule is NNC(c1c(F)cc(F)cc1F)C1CCOCC1. The Hall–Kier alpha value is -1.11. The van der Waals surface area contributed by atoms with Crippen molar-refractivity contribution in [3.63, 3.8) is 0 Å². The van der Waals surface area contributed by atoms with Crippen LogP contribution in [0.3, 0.4) is 0 Å². The zero-order chi connectivity index (χ0) is 13.1. The monoisotopic (exact) mass is 260 g/mol. The highest BCUT2D eigenvalue weighted by molar-refractivity contribution is 5.25. The van der Waals surface area contributed by atoms with Crippen LogP contribution in [-0.2, 0) is 4.74 Å². The summed E-state index contributed by atoms with van der Waals surface area (Å²) in [6.07, 6.45) is 1.32. The van der Waals surface area contributed by atoms with Crippen LogP contribution in [0.15, 0.2) is 12.1 Å². The van der Waals surface area contributed by atoms with E-state index in [0.29, 0.717) is 38.2 Å². The van der Waals surface area contributed by atoms with Crippen LogP contribution in [-0.4, -0.2) is 13.2 Å². The molecular weight excluding hydrogens is 245 g/mol. The number of hydrogen-bond acceptors (Lipinski definition) is 3. The van der Waals surface area contributed by atoms with Crippen LogP contribution < -0.4 is 11.3 Å². The van der Waals surface area contributed by atoms with Crippen LogP contribution in [0.25, 0.3) is 0 Å². The molecule has 0 aromatic heterocycles. The van der Waals surface area contributed by atoms with Crippen LogP contribution in [0.2, 0.25) is 0 Å². The van der Waals surface area contributed by atoms with E-state index in [0.717, 1.165) is 0 Å². The average molecular weight is 260 g/mol. The molecule has 18 heavy (non-hydrogen) atoms. The van der Waals surface area contributed by atoms with Crippen molar-refractivity contribution in [2.45, 2.75) is 18.9 Å². The minimum Gasteiger partial charge on any atom is -0.381 e. The molecule has 1 aromatic carbocycles. The van der Waals surface area contributed by atoms with Crippen molar-refractivity contribution in [3.8, 4) is 0 Å². The van der Waals surface area contributed by atoms with Gasteiger partial charge in [-0.2, -0.15) is 0 Å². The van der Waals surface area contributed by atoms with Crippen molar-refractivity contribution in [1.29, 1.82) is 0 Å². The molecule has 0 radical (unpaired) electrons. The Morgan fingerprint density at radius 1 is 1.17 bits per heavy atom. The Bertz CT molecular complexity index is 399. The van der Waals surface area contributed by atoms with Crippen molar-refractivity contribution in [2.24, 2.45) is 11.8 Å². The van der Waals surface area contributed by atoms with Crippen LogP contribution in [0.4, 0.5) is 13.2 Å². The molecule has 0 bridgehead atoms. The van der Waals surface area contributed by atoms with Gasteiger partial charge in [-0.15, -0.1) is 0 Å². The van der Waals surface area contributed by atoms with Crippen molar-refractivity contribution in [1.82, 2.24) is 5.43 Å². The largest absolute Gasteiger partial charge is 0.381 e.